The molecule has 1 aliphatic rings. The molecule has 4 aromatic rings. The van der Waals surface area contributed by atoms with Crippen LogP contribution in [0.5, 0.6) is 0 Å². The van der Waals surface area contributed by atoms with E-state index in [2.05, 4.69) is 148 Å². The molecule has 3 aromatic carbocycles. The number of benzene rings is 3. The summed E-state index contributed by atoms with van der Waals surface area (Å²) in [5, 5.41) is 11.3. The Morgan fingerprint density at radius 2 is 1.44 bits per heavy atom. The van der Waals surface area contributed by atoms with E-state index in [0.717, 1.165) is 49.0 Å². The molecule has 2 heterocycles. The monoisotopic (exact) mass is 634 g/mol. The van der Waals surface area contributed by atoms with Crippen molar-refractivity contribution in [2.45, 2.75) is 45.3 Å². The molecule has 0 spiro atoms. The number of aromatic nitrogens is 2. The van der Waals surface area contributed by atoms with Gasteiger partial charge >= 0.3 is 0 Å². The Hall–Kier alpha value is -2.52. The molecule has 5 rings (SSSR count). The maximum absolute atomic E-state index is 11.3. The summed E-state index contributed by atoms with van der Waals surface area (Å²) in [5.74, 6) is 0.895. The third-order valence-electron chi connectivity index (χ3n) is 7.81. The molecule has 1 aliphatic heterocycles. The zero-order chi connectivity index (χ0) is 27.6. The molecule has 1 fully saturated rings. The molecule has 5 nitrogen and oxygen atoms in total. The summed E-state index contributed by atoms with van der Waals surface area (Å²) < 4.78 is 2.08. The fourth-order valence-corrected chi connectivity index (χ4v) is 6.17. The van der Waals surface area contributed by atoms with E-state index in [4.69, 9.17) is 4.98 Å². The van der Waals surface area contributed by atoms with E-state index < -0.39 is 6.10 Å². The Balaban J connectivity index is 1.28. The lowest BCUT2D eigenvalue weighted by atomic mass is 9.86. The van der Waals surface area contributed by atoms with Crippen molar-refractivity contribution in [3.05, 3.63) is 113 Å². The van der Waals surface area contributed by atoms with E-state index in [0.29, 0.717) is 6.54 Å². The van der Waals surface area contributed by atoms with E-state index in [1.807, 2.05) is 0 Å². The highest BCUT2D eigenvalue weighted by molar-refractivity contribution is 14.1. The quantitative estimate of drug-likeness (QED) is 0.228. The van der Waals surface area contributed by atoms with Gasteiger partial charge in [0.15, 0.2) is 0 Å². The van der Waals surface area contributed by atoms with Crippen LogP contribution in [0.3, 0.4) is 0 Å². The Morgan fingerprint density at radius 3 is 2.00 bits per heavy atom. The van der Waals surface area contributed by atoms with Crippen LogP contribution in [0.25, 0.3) is 11.4 Å². The Kier molecular flexibility index (Phi) is 8.57. The number of halogens is 1. The van der Waals surface area contributed by atoms with Gasteiger partial charge in [-0.15, -0.1) is 0 Å². The lowest BCUT2D eigenvalue weighted by Crippen LogP contribution is -2.48. The van der Waals surface area contributed by atoms with Gasteiger partial charge < -0.3 is 5.11 Å². The van der Waals surface area contributed by atoms with Crippen molar-refractivity contribution in [3.63, 3.8) is 0 Å². The maximum atomic E-state index is 11.3. The number of aliphatic hydroxyl groups is 1. The highest BCUT2D eigenvalue weighted by atomic mass is 127. The first kappa shape index (κ1) is 28.0. The first-order chi connectivity index (χ1) is 18.7. The predicted octanol–water partition coefficient (Wildman–Crippen LogP) is 6.79. The molecule has 6 heteroatoms. The van der Waals surface area contributed by atoms with Gasteiger partial charge in [0, 0.05) is 38.3 Å². The first-order valence-electron chi connectivity index (χ1n) is 13.8. The second-order valence-electron chi connectivity index (χ2n) is 11.6. The Labute approximate surface area is 247 Å². The van der Waals surface area contributed by atoms with E-state index in [-0.39, 0.29) is 11.5 Å². The lowest BCUT2D eigenvalue weighted by molar-refractivity contribution is 0.0606. The van der Waals surface area contributed by atoms with E-state index in [1.54, 1.807) is 0 Å². The van der Waals surface area contributed by atoms with Gasteiger partial charge in [0.1, 0.15) is 11.9 Å². The number of nitrogens with zero attached hydrogens (tertiary/aromatic N) is 4. The second-order valence-corrected chi connectivity index (χ2v) is 12.6. The number of hydrogen-bond acceptors (Lipinski definition) is 4. The molecule has 204 valence electrons. The normalized spacial score (nSPS) is 16.1. The van der Waals surface area contributed by atoms with Crippen molar-refractivity contribution in [2.24, 2.45) is 0 Å². The molecule has 0 bridgehead atoms. The molecule has 1 atom stereocenters. The van der Waals surface area contributed by atoms with Crippen molar-refractivity contribution in [1.82, 2.24) is 17.6 Å². The third kappa shape index (κ3) is 6.30. The molecule has 39 heavy (non-hydrogen) atoms. The number of rotatable bonds is 7. The fourth-order valence-electron chi connectivity index (χ4n) is 5.54. The van der Waals surface area contributed by atoms with Crippen molar-refractivity contribution in [1.29, 1.82) is 0 Å². The average molecular weight is 635 g/mol. The van der Waals surface area contributed by atoms with Crippen molar-refractivity contribution >= 4 is 22.9 Å². The molecule has 0 aliphatic carbocycles. The number of β-amino-alcohol motifs (C(OH)–C–C–N with tert-alkyl or cyclic N) is 1. The molecular formula is C33H39IN4O. The third-order valence-corrected chi connectivity index (χ3v) is 8.99. The van der Waals surface area contributed by atoms with E-state index in [1.165, 1.54) is 16.7 Å². The van der Waals surface area contributed by atoms with Gasteiger partial charge in [-0.3, -0.25) is 12.6 Å². The van der Waals surface area contributed by atoms with E-state index in [9.17, 15) is 5.11 Å². The van der Waals surface area contributed by atoms with Crippen LogP contribution in [-0.2, 0) is 5.41 Å². The zero-order valence-electron chi connectivity index (χ0n) is 23.4. The second kappa shape index (κ2) is 11.9. The number of piperazine rings is 1. The average Bonchev–Trinajstić information content (AvgIpc) is 3.25. The van der Waals surface area contributed by atoms with Gasteiger partial charge in [0.2, 0.25) is 0 Å². The standard InChI is InChI=1S/C33H39IN4O/c1-24-30(35-32(38(24)34)27-16-11-17-28(22-27)33(2,3)4)29(39)23-36-18-20-37(21-19-36)31(25-12-7-5-8-13-25)26-14-9-6-10-15-26/h5-17,22,29,31,39H,18-21,23H2,1-4H3. The Bertz CT molecular complexity index is 1330. The van der Waals surface area contributed by atoms with Crippen molar-refractivity contribution < 1.29 is 5.11 Å². The van der Waals surface area contributed by atoms with E-state index >= 15 is 0 Å². The minimum Gasteiger partial charge on any atom is -0.385 e. The summed E-state index contributed by atoms with van der Waals surface area (Å²) in [6, 6.07) is 30.4. The largest absolute Gasteiger partial charge is 0.385 e. The summed E-state index contributed by atoms with van der Waals surface area (Å²) in [4.78, 5) is 9.90. The van der Waals surface area contributed by atoms with Crippen LogP contribution in [0.4, 0.5) is 0 Å². The first-order valence-corrected chi connectivity index (χ1v) is 14.8. The summed E-state index contributed by atoms with van der Waals surface area (Å²) in [7, 11) is 0. The molecule has 1 N–H and O–H groups in total. The number of imidazole rings is 1. The van der Waals surface area contributed by atoms with Crippen LogP contribution < -0.4 is 0 Å². The smallest absolute Gasteiger partial charge is 0.149 e. The number of hydrogen-bond donors (Lipinski definition) is 1. The SMILES string of the molecule is Cc1c(C(O)CN2CCN(C(c3ccccc3)c3ccccc3)CC2)nc(-c2cccc(C(C)(C)C)c2)n1I. The van der Waals surface area contributed by atoms with Crippen molar-refractivity contribution in [3.8, 4) is 11.4 Å². The summed E-state index contributed by atoms with van der Waals surface area (Å²) in [5.41, 5.74) is 6.85. The van der Waals surface area contributed by atoms with Gasteiger partial charge in [0.05, 0.1) is 40.3 Å². The minimum atomic E-state index is -0.629. The highest BCUT2D eigenvalue weighted by Gasteiger charge is 2.29. The van der Waals surface area contributed by atoms with Gasteiger partial charge in [-0.2, -0.15) is 0 Å². The summed E-state index contributed by atoms with van der Waals surface area (Å²) >= 11 is 2.31. The number of aliphatic hydroxyl groups excluding tert-OH is 1. The molecular weight excluding hydrogens is 595 g/mol. The maximum Gasteiger partial charge on any atom is 0.149 e. The van der Waals surface area contributed by atoms with Crippen LogP contribution in [0.2, 0.25) is 0 Å². The molecule has 0 saturated carbocycles. The molecule has 1 unspecified atom stereocenters. The highest BCUT2D eigenvalue weighted by Crippen LogP contribution is 2.33. The molecule has 1 aromatic heterocycles. The van der Waals surface area contributed by atoms with Crippen LogP contribution in [0, 0.1) is 6.92 Å². The topological polar surface area (TPSA) is 44.5 Å². The van der Waals surface area contributed by atoms with Crippen LogP contribution in [0.15, 0.2) is 84.9 Å². The van der Waals surface area contributed by atoms with Crippen LogP contribution in [-0.4, -0.2) is 55.4 Å². The summed E-state index contributed by atoms with van der Waals surface area (Å²) in [6.45, 7) is 13.1. The van der Waals surface area contributed by atoms with Gasteiger partial charge in [-0.05, 0) is 35.1 Å². The summed E-state index contributed by atoms with van der Waals surface area (Å²) in [6.07, 6.45) is -0.629. The predicted molar refractivity (Wildman–Crippen MR) is 168 cm³/mol. The van der Waals surface area contributed by atoms with Gasteiger partial charge in [-0.1, -0.05) is 99.6 Å². The zero-order valence-corrected chi connectivity index (χ0v) is 25.5. The molecule has 1 saturated heterocycles. The lowest BCUT2D eigenvalue weighted by Gasteiger charge is -2.40. The minimum absolute atomic E-state index is 0.0677. The Morgan fingerprint density at radius 1 is 0.846 bits per heavy atom. The van der Waals surface area contributed by atoms with Crippen LogP contribution >= 0.6 is 22.9 Å². The molecule has 0 amide bonds. The molecule has 0 radical (unpaired) electrons. The van der Waals surface area contributed by atoms with Crippen molar-refractivity contribution in [2.75, 3.05) is 32.7 Å². The van der Waals surface area contributed by atoms with Crippen LogP contribution in [0.1, 0.15) is 61.0 Å². The fraction of sp³-hybridized carbons (Fsp3) is 0.364. The van der Waals surface area contributed by atoms with Gasteiger partial charge in [-0.25, -0.2) is 4.98 Å². The van der Waals surface area contributed by atoms with Gasteiger partial charge in [0.25, 0.3) is 0 Å².